The van der Waals surface area contributed by atoms with Crippen LogP contribution in [-0.4, -0.2) is 35.0 Å². The van der Waals surface area contributed by atoms with Crippen LogP contribution in [0.15, 0.2) is 24.3 Å². The zero-order valence-electron chi connectivity index (χ0n) is 19.3. The fourth-order valence-electron chi connectivity index (χ4n) is 4.34. The van der Waals surface area contributed by atoms with Gasteiger partial charge in [0.1, 0.15) is 5.69 Å². The molecule has 1 heterocycles. The first-order chi connectivity index (χ1) is 14.9. The third kappa shape index (κ3) is 5.94. The molecular formula is C25H35N5O. The highest BCUT2D eigenvalue weighted by molar-refractivity contribution is 5.89. The molecule has 0 radical (unpaired) electrons. The Morgan fingerprint density at radius 1 is 1.06 bits per heavy atom. The number of para-hydroxylation sites is 2. The predicted octanol–water partition coefficient (Wildman–Crippen LogP) is 4.80. The van der Waals surface area contributed by atoms with Gasteiger partial charge in [-0.15, -0.1) is 0 Å². The number of carbonyl (C=O) groups is 1. The highest BCUT2D eigenvalue weighted by atomic mass is 16.2. The maximum atomic E-state index is 13.2. The number of nitriles is 1. The van der Waals surface area contributed by atoms with Crippen molar-refractivity contribution >= 4 is 22.8 Å². The lowest BCUT2D eigenvalue weighted by Crippen LogP contribution is -2.40. The molecule has 1 aromatic carbocycles. The molecule has 166 valence electrons. The van der Waals surface area contributed by atoms with Crippen LogP contribution in [-0.2, 0) is 4.79 Å². The fourth-order valence-corrected chi connectivity index (χ4v) is 4.34. The fraction of sp³-hybridized carbons (Fsp3) is 0.600. The van der Waals surface area contributed by atoms with Crippen molar-refractivity contribution in [2.24, 2.45) is 11.8 Å². The van der Waals surface area contributed by atoms with Gasteiger partial charge in [0.15, 0.2) is 11.7 Å². The molecule has 1 amide bonds. The van der Waals surface area contributed by atoms with E-state index in [-0.39, 0.29) is 11.9 Å². The Kier molecular flexibility index (Phi) is 7.84. The van der Waals surface area contributed by atoms with E-state index < -0.39 is 5.92 Å². The molecule has 0 unspecified atom stereocenters. The van der Waals surface area contributed by atoms with E-state index in [1.54, 1.807) is 0 Å². The largest absolute Gasteiger partial charge is 0.355 e. The standard InChI is InChI=1S/C25H35N5O/c1-17(2)15-30(16-18(3)4)24-23(28-21-12-8-9-13-22(21)29-24)20(14-26)25(31)27-19-10-6-5-7-11-19/h8-9,12-13,17-20H,5-7,10-11,15-16H2,1-4H3,(H,27,31)/t20-/m0/s1. The third-order valence-corrected chi connectivity index (χ3v) is 5.66. The minimum absolute atomic E-state index is 0.149. The Balaban J connectivity index is 2.03. The number of fused-ring (bicyclic) bond motifs is 1. The van der Waals surface area contributed by atoms with Gasteiger partial charge in [0.05, 0.1) is 17.1 Å². The molecule has 3 rings (SSSR count). The van der Waals surface area contributed by atoms with E-state index in [9.17, 15) is 10.1 Å². The lowest BCUT2D eigenvalue weighted by Gasteiger charge is -2.30. The average molecular weight is 422 g/mol. The van der Waals surface area contributed by atoms with Crippen LogP contribution >= 0.6 is 0 Å². The van der Waals surface area contributed by atoms with Crippen LogP contribution in [0.4, 0.5) is 5.82 Å². The van der Waals surface area contributed by atoms with E-state index in [0.717, 1.165) is 44.3 Å². The van der Waals surface area contributed by atoms with Crippen molar-refractivity contribution in [3.05, 3.63) is 30.0 Å². The molecule has 0 bridgehead atoms. The summed E-state index contributed by atoms with van der Waals surface area (Å²) in [6, 6.07) is 10.0. The number of hydrogen-bond donors (Lipinski definition) is 1. The second-order valence-electron chi connectivity index (χ2n) is 9.52. The average Bonchev–Trinajstić information content (AvgIpc) is 2.73. The monoisotopic (exact) mass is 421 g/mol. The Labute approximate surface area is 186 Å². The minimum atomic E-state index is -0.976. The van der Waals surface area contributed by atoms with Crippen molar-refractivity contribution in [3.8, 4) is 6.07 Å². The summed E-state index contributed by atoms with van der Waals surface area (Å²) in [5.41, 5.74) is 1.96. The van der Waals surface area contributed by atoms with Crippen LogP contribution in [0.5, 0.6) is 0 Å². The van der Waals surface area contributed by atoms with Crippen molar-refractivity contribution in [2.45, 2.75) is 71.8 Å². The highest BCUT2D eigenvalue weighted by Gasteiger charge is 2.30. The molecular weight excluding hydrogens is 386 g/mol. The van der Waals surface area contributed by atoms with E-state index in [0.29, 0.717) is 28.9 Å². The molecule has 6 nitrogen and oxygen atoms in total. The molecule has 1 atom stereocenters. The van der Waals surface area contributed by atoms with Gasteiger partial charge in [-0.2, -0.15) is 5.26 Å². The number of amides is 1. The number of carbonyl (C=O) groups excluding carboxylic acids is 1. The third-order valence-electron chi connectivity index (χ3n) is 5.66. The Morgan fingerprint density at radius 3 is 2.19 bits per heavy atom. The van der Waals surface area contributed by atoms with Gasteiger partial charge in [-0.05, 0) is 36.8 Å². The number of anilines is 1. The highest BCUT2D eigenvalue weighted by Crippen LogP contribution is 2.29. The van der Waals surface area contributed by atoms with E-state index >= 15 is 0 Å². The van der Waals surface area contributed by atoms with Gasteiger partial charge < -0.3 is 10.2 Å². The Morgan fingerprint density at radius 2 is 1.65 bits per heavy atom. The summed E-state index contributed by atoms with van der Waals surface area (Å²) in [6.45, 7) is 10.2. The predicted molar refractivity (Wildman–Crippen MR) is 125 cm³/mol. The molecule has 1 saturated carbocycles. The van der Waals surface area contributed by atoms with Gasteiger partial charge in [-0.3, -0.25) is 4.79 Å². The number of hydrogen-bond acceptors (Lipinski definition) is 5. The zero-order valence-corrected chi connectivity index (χ0v) is 19.3. The zero-order chi connectivity index (χ0) is 22.4. The molecule has 0 aliphatic heterocycles. The molecule has 1 aliphatic carbocycles. The van der Waals surface area contributed by atoms with Crippen molar-refractivity contribution < 1.29 is 4.79 Å². The quantitative estimate of drug-likeness (QED) is 0.662. The maximum absolute atomic E-state index is 13.2. The van der Waals surface area contributed by atoms with Crippen molar-refractivity contribution in [2.75, 3.05) is 18.0 Å². The van der Waals surface area contributed by atoms with Crippen LogP contribution in [0.1, 0.15) is 71.4 Å². The summed E-state index contributed by atoms with van der Waals surface area (Å²) in [5.74, 6) is 0.254. The van der Waals surface area contributed by atoms with Crippen molar-refractivity contribution in [3.63, 3.8) is 0 Å². The molecule has 31 heavy (non-hydrogen) atoms. The molecule has 0 saturated heterocycles. The normalized spacial score (nSPS) is 15.8. The molecule has 1 N–H and O–H groups in total. The summed E-state index contributed by atoms with van der Waals surface area (Å²) >= 11 is 0. The number of rotatable bonds is 8. The second kappa shape index (κ2) is 10.6. The molecule has 2 aromatic rings. The molecule has 0 spiro atoms. The summed E-state index contributed by atoms with van der Waals surface area (Å²) in [6.07, 6.45) is 5.42. The summed E-state index contributed by atoms with van der Waals surface area (Å²) < 4.78 is 0. The van der Waals surface area contributed by atoms with Crippen LogP contribution in [0.3, 0.4) is 0 Å². The van der Waals surface area contributed by atoms with E-state index in [2.05, 4.69) is 44.0 Å². The smallest absolute Gasteiger partial charge is 0.243 e. The number of nitrogens with zero attached hydrogens (tertiary/aromatic N) is 4. The number of benzene rings is 1. The Bertz CT molecular complexity index is 917. The first kappa shape index (κ1) is 23.0. The SMILES string of the molecule is CC(C)CN(CC(C)C)c1nc2ccccc2nc1[C@H](C#N)C(=O)NC1CCCCC1. The van der Waals surface area contributed by atoms with Gasteiger partial charge in [0, 0.05) is 19.1 Å². The summed E-state index contributed by atoms with van der Waals surface area (Å²) in [4.78, 5) is 25.1. The van der Waals surface area contributed by atoms with Gasteiger partial charge in [0.2, 0.25) is 5.91 Å². The molecule has 1 fully saturated rings. The van der Waals surface area contributed by atoms with Crippen LogP contribution < -0.4 is 10.2 Å². The molecule has 1 aromatic heterocycles. The Hall–Kier alpha value is -2.68. The summed E-state index contributed by atoms with van der Waals surface area (Å²) in [5, 5.41) is 13.1. The first-order valence-corrected chi connectivity index (χ1v) is 11.6. The van der Waals surface area contributed by atoms with E-state index in [1.165, 1.54) is 6.42 Å². The van der Waals surface area contributed by atoms with Crippen LogP contribution in [0.2, 0.25) is 0 Å². The molecule has 1 aliphatic rings. The topological polar surface area (TPSA) is 81.9 Å². The maximum Gasteiger partial charge on any atom is 0.243 e. The minimum Gasteiger partial charge on any atom is -0.355 e. The lowest BCUT2D eigenvalue weighted by molar-refractivity contribution is -0.122. The van der Waals surface area contributed by atoms with Gasteiger partial charge in [-0.1, -0.05) is 59.1 Å². The summed E-state index contributed by atoms with van der Waals surface area (Å²) in [7, 11) is 0. The van der Waals surface area contributed by atoms with E-state index in [4.69, 9.17) is 9.97 Å². The second-order valence-corrected chi connectivity index (χ2v) is 9.52. The lowest BCUT2D eigenvalue weighted by atomic mass is 9.94. The van der Waals surface area contributed by atoms with Gasteiger partial charge in [-0.25, -0.2) is 9.97 Å². The van der Waals surface area contributed by atoms with Crippen LogP contribution in [0.25, 0.3) is 11.0 Å². The first-order valence-electron chi connectivity index (χ1n) is 11.6. The number of aromatic nitrogens is 2. The van der Waals surface area contributed by atoms with Gasteiger partial charge in [0.25, 0.3) is 0 Å². The van der Waals surface area contributed by atoms with E-state index in [1.807, 2.05) is 24.3 Å². The van der Waals surface area contributed by atoms with Crippen molar-refractivity contribution in [1.29, 1.82) is 5.26 Å². The van der Waals surface area contributed by atoms with Crippen molar-refractivity contribution in [1.82, 2.24) is 15.3 Å². The molecule has 6 heteroatoms. The van der Waals surface area contributed by atoms with Gasteiger partial charge >= 0.3 is 0 Å². The number of nitrogens with one attached hydrogen (secondary N) is 1. The van der Waals surface area contributed by atoms with Crippen LogP contribution in [0, 0.1) is 23.2 Å².